The van der Waals surface area contributed by atoms with Crippen LogP contribution < -0.4 is 10.0 Å². The first-order valence-corrected chi connectivity index (χ1v) is 9.55. The number of carbonyl (C=O) groups is 1. The summed E-state index contributed by atoms with van der Waals surface area (Å²) in [6, 6.07) is 7.77. The average molecular weight is 345 g/mol. The number of halogens is 1. The van der Waals surface area contributed by atoms with Gasteiger partial charge in [0.25, 0.3) is 0 Å². The lowest BCUT2D eigenvalue weighted by Gasteiger charge is -2.42. The van der Waals surface area contributed by atoms with Crippen molar-refractivity contribution in [1.82, 2.24) is 10.0 Å². The van der Waals surface area contributed by atoms with Crippen molar-refractivity contribution in [2.24, 2.45) is 0 Å². The Bertz CT molecular complexity index is 625. The number of hydrogen-bond acceptors (Lipinski definition) is 3. The van der Waals surface area contributed by atoms with E-state index < -0.39 is 10.0 Å². The zero-order valence-corrected chi connectivity index (χ0v) is 14.1. The predicted molar refractivity (Wildman–Crippen MR) is 87.5 cm³/mol. The summed E-state index contributed by atoms with van der Waals surface area (Å²) in [6.45, 7) is 0.699. The Balaban J connectivity index is 1.86. The van der Waals surface area contributed by atoms with Crippen LogP contribution in [0.25, 0.3) is 0 Å². The Kier molecular flexibility index (Phi) is 5.47. The first kappa shape index (κ1) is 17.2. The van der Waals surface area contributed by atoms with Gasteiger partial charge in [0, 0.05) is 29.9 Å². The third-order valence-corrected chi connectivity index (χ3v) is 5.09. The van der Waals surface area contributed by atoms with Gasteiger partial charge in [-0.3, -0.25) is 4.79 Å². The standard InChI is InChI=1S/C15H21ClN2O3S/c1-22(20,21)18-10-7-14(19)17-11-15(8-2-9-15)12-3-5-13(16)6-4-12/h3-6,18H,2,7-11H2,1H3,(H,17,19). The van der Waals surface area contributed by atoms with Gasteiger partial charge in [-0.15, -0.1) is 0 Å². The van der Waals surface area contributed by atoms with Crippen molar-refractivity contribution in [3.8, 4) is 0 Å². The molecule has 122 valence electrons. The van der Waals surface area contributed by atoms with Crippen LogP contribution in [0.3, 0.4) is 0 Å². The Morgan fingerprint density at radius 3 is 2.41 bits per heavy atom. The van der Waals surface area contributed by atoms with Crippen molar-refractivity contribution in [1.29, 1.82) is 0 Å². The highest BCUT2D eigenvalue weighted by molar-refractivity contribution is 7.88. The number of sulfonamides is 1. The van der Waals surface area contributed by atoms with Crippen LogP contribution in [0.4, 0.5) is 0 Å². The molecule has 5 nitrogen and oxygen atoms in total. The number of hydrogen-bond donors (Lipinski definition) is 2. The summed E-state index contributed by atoms with van der Waals surface area (Å²) >= 11 is 5.92. The highest BCUT2D eigenvalue weighted by Crippen LogP contribution is 2.43. The molecular formula is C15H21ClN2O3S. The largest absolute Gasteiger partial charge is 0.355 e. The number of carbonyl (C=O) groups excluding carboxylic acids is 1. The molecule has 0 saturated heterocycles. The van der Waals surface area contributed by atoms with E-state index in [9.17, 15) is 13.2 Å². The second kappa shape index (κ2) is 6.98. The molecule has 0 unspecified atom stereocenters. The van der Waals surface area contributed by atoms with Gasteiger partial charge in [-0.05, 0) is 30.5 Å². The van der Waals surface area contributed by atoms with Crippen LogP contribution in [0.2, 0.25) is 5.02 Å². The molecule has 1 aromatic carbocycles. The fourth-order valence-corrected chi connectivity index (χ4v) is 3.28. The summed E-state index contributed by atoms with van der Waals surface area (Å²) in [6.07, 6.45) is 4.44. The third-order valence-electron chi connectivity index (χ3n) is 4.11. The van der Waals surface area contributed by atoms with Crippen molar-refractivity contribution >= 4 is 27.5 Å². The van der Waals surface area contributed by atoms with Gasteiger partial charge < -0.3 is 5.32 Å². The molecule has 2 N–H and O–H groups in total. The zero-order chi connectivity index (χ0) is 16.2. The van der Waals surface area contributed by atoms with Crippen LogP contribution in [-0.2, 0) is 20.2 Å². The molecule has 1 fully saturated rings. The molecule has 0 radical (unpaired) electrons. The van der Waals surface area contributed by atoms with E-state index in [1.807, 2.05) is 24.3 Å². The van der Waals surface area contributed by atoms with Crippen LogP contribution >= 0.6 is 11.6 Å². The Morgan fingerprint density at radius 2 is 1.91 bits per heavy atom. The van der Waals surface area contributed by atoms with E-state index in [0.29, 0.717) is 11.6 Å². The molecule has 0 spiro atoms. The fraction of sp³-hybridized carbons (Fsp3) is 0.533. The molecule has 22 heavy (non-hydrogen) atoms. The van der Waals surface area contributed by atoms with Crippen molar-refractivity contribution in [2.75, 3.05) is 19.3 Å². The van der Waals surface area contributed by atoms with E-state index in [4.69, 9.17) is 11.6 Å². The van der Waals surface area contributed by atoms with E-state index in [1.54, 1.807) is 0 Å². The van der Waals surface area contributed by atoms with E-state index in [-0.39, 0.29) is 24.3 Å². The SMILES string of the molecule is CS(=O)(=O)NCCC(=O)NCC1(c2ccc(Cl)cc2)CCC1. The molecule has 7 heteroatoms. The predicted octanol–water partition coefficient (Wildman–Crippen LogP) is 1.82. The van der Waals surface area contributed by atoms with E-state index in [2.05, 4.69) is 10.0 Å². The molecule has 0 heterocycles. The molecule has 0 atom stereocenters. The first-order chi connectivity index (χ1) is 10.3. The van der Waals surface area contributed by atoms with E-state index in [0.717, 1.165) is 25.5 Å². The number of rotatable bonds is 7. The van der Waals surface area contributed by atoms with Crippen molar-refractivity contribution in [3.63, 3.8) is 0 Å². The Labute approximate surface area is 136 Å². The van der Waals surface area contributed by atoms with Gasteiger partial charge in [-0.1, -0.05) is 30.2 Å². The first-order valence-electron chi connectivity index (χ1n) is 7.28. The minimum Gasteiger partial charge on any atom is -0.355 e. The number of amides is 1. The number of benzene rings is 1. The molecule has 1 aliphatic carbocycles. The maximum atomic E-state index is 11.8. The van der Waals surface area contributed by atoms with Crippen LogP contribution in [0, 0.1) is 0 Å². The lowest BCUT2D eigenvalue weighted by atomic mass is 9.64. The molecule has 0 aliphatic heterocycles. The lowest BCUT2D eigenvalue weighted by molar-refractivity contribution is -0.121. The molecule has 1 aliphatic rings. The van der Waals surface area contributed by atoms with Crippen molar-refractivity contribution in [2.45, 2.75) is 31.1 Å². The van der Waals surface area contributed by atoms with Gasteiger partial charge in [0.05, 0.1) is 6.26 Å². The Hall–Kier alpha value is -1.11. The van der Waals surface area contributed by atoms with Crippen LogP contribution in [0.1, 0.15) is 31.2 Å². The molecule has 1 amide bonds. The minimum atomic E-state index is -3.25. The topological polar surface area (TPSA) is 75.3 Å². The molecule has 1 saturated carbocycles. The monoisotopic (exact) mass is 344 g/mol. The van der Waals surface area contributed by atoms with E-state index in [1.165, 1.54) is 5.56 Å². The maximum Gasteiger partial charge on any atom is 0.221 e. The summed E-state index contributed by atoms with van der Waals surface area (Å²) in [5, 5.41) is 3.62. The van der Waals surface area contributed by atoms with Crippen LogP contribution in [-0.4, -0.2) is 33.7 Å². The second-order valence-corrected chi connectivity index (χ2v) is 8.10. The third kappa shape index (κ3) is 4.69. The fourth-order valence-electron chi connectivity index (χ4n) is 2.68. The van der Waals surface area contributed by atoms with Gasteiger partial charge in [0.15, 0.2) is 0 Å². The maximum absolute atomic E-state index is 11.8. The molecule has 2 rings (SSSR count). The molecule has 0 bridgehead atoms. The molecular weight excluding hydrogens is 324 g/mol. The molecule has 1 aromatic rings. The van der Waals surface area contributed by atoms with Crippen molar-refractivity contribution < 1.29 is 13.2 Å². The number of nitrogens with one attached hydrogen (secondary N) is 2. The highest BCUT2D eigenvalue weighted by atomic mass is 35.5. The zero-order valence-electron chi connectivity index (χ0n) is 12.6. The van der Waals surface area contributed by atoms with Gasteiger partial charge in [0.2, 0.25) is 15.9 Å². The highest BCUT2D eigenvalue weighted by Gasteiger charge is 2.38. The summed E-state index contributed by atoms with van der Waals surface area (Å²) in [5.41, 5.74) is 1.18. The summed E-state index contributed by atoms with van der Waals surface area (Å²) in [5.74, 6) is -0.142. The van der Waals surface area contributed by atoms with Gasteiger partial charge >= 0.3 is 0 Å². The quantitative estimate of drug-likeness (QED) is 0.792. The normalized spacial score (nSPS) is 16.8. The van der Waals surface area contributed by atoms with Crippen LogP contribution in [0.15, 0.2) is 24.3 Å². The van der Waals surface area contributed by atoms with Gasteiger partial charge in [0.1, 0.15) is 0 Å². The Morgan fingerprint density at radius 1 is 1.27 bits per heavy atom. The summed E-state index contributed by atoms with van der Waals surface area (Å²) in [4.78, 5) is 11.8. The summed E-state index contributed by atoms with van der Waals surface area (Å²) < 4.78 is 24.2. The average Bonchev–Trinajstić information content (AvgIpc) is 2.38. The minimum absolute atomic E-state index is 0.00941. The lowest BCUT2D eigenvalue weighted by Crippen LogP contribution is -2.46. The second-order valence-electron chi connectivity index (χ2n) is 5.83. The van der Waals surface area contributed by atoms with Gasteiger partial charge in [-0.25, -0.2) is 13.1 Å². The summed E-state index contributed by atoms with van der Waals surface area (Å²) in [7, 11) is -3.25. The molecule has 0 aromatic heterocycles. The van der Waals surface area contributed by atoms with E-state index >= 15 is 0 Å². The van der Waals surface area contributed by atoms with Crippen molar-refractivity contribution in [3.05, 3.63) is 34.9 Å². The smallest absolute Gasteiger partial charge is 0.221 e. The van der Waals surface area contributed by atoms with Gasteiger partial charge in [-0.2, -0.15) is 0 Å². The van der Waals surface area contributed by atoms with Crippen LogP contribution in [0.5, 0.6) is 0 Å².